The molecular formula is C14H26O3. The Hall–Kier alpha value is -0.570. The van der Waals surface area contributed by atoms with Crippen molar-refractivity contribution in [3.63, 3.8) is 0 Å². The molecule has 0 bridgehead atoms. The van der Waals surface area contributed by atoms with Gasteiger partial charge < -0.3 is 9.84 Å². The Morgan fingerprint density at radius 3 is 2.53 bits per heavy atom. The molecule has 0 radical (unpaired) electrons. The molecule has 17 heavy (non-hydrogen) atoms. The van der Waals surface area contributed by atoms with E-state index in [-0.39, 0.29) is 12.0 Å². The van der Waals surface area contributed by atoms with E-state index >= 15 is 0 Å². The van der Waals surface area contributed by atoms with Gasteiger partial charge in [0.2, 0.25) is 0 Å². The molecule has 0 aromatic carbocycles. The molecule has 0 amide bonds. The number of carboxylic acid groups (broad SMARTS) is 1. The summed E-state index contributed by atoms with van der Waals surface area (Å²) in [4.78, 5) is 11.6. The molecule has 3 atom stereocenters. The maximum Gasteiger partial charge on any atom is 0.336 e. The molecule has 100 valence electrons. The van der Waals surface area contributed by atoms with E-state index in [0.29, 0.717) is 6.42 Å². The maximum absolute atomic E-state index is 11.6. The van der Waals surface area contributed by atoms with Crippen LogP contribution in [0.4, 0.5) is 0 Å². The number of rotatable bonds is 7. The fraction of sp³-hybridized carbons (Fsp3) is 0.929. The largest absolute Gasteiger partial charge is 0.479 e. The van der Waals surface area contributed by atoms with Gasteiger partial charge in [-0.15, -0.1) is 0 Å². The van der Waals surface area contributed by atoms with Crippen LogP contribution in [0.2, 0.25) is 0 Å². The van der Waals surface area contributed by atoms with Crippen LogP contribution in [0.15, 0.2) is 0 Å². The van der Waals surface area contributed by atoms with E-state index in [4.69, 9.17) is 4.74 Å². The molecule has 0 saturated carbocycles. The fourth-order valence-corrected chi connectivity index (χ4v) is 2.93. The Balaban J connectivity index is 2.78. The van der Waals surface area contributed by atoms with Crippen molar-refractivity contribution in [2.45, 2.75) is 77.4 Å². The molecule has 1 aliphatic heterocycles. The van der Waals surface area contributed by atoms with E-state index in [0.717, 1.165) is 38.5 Å². The van der Waals surface area contributed by atoms with Crippen LogP contribution in [0.5, 0.6) is 0 Å². The van der Waals surface area contributed by atoms with Gasteiger partial charge in [0.15, 0.2) is 5.60 Å². The smallest absolute Gasteiger partial charge is 0.336 e. The van der Waals surface area contributed by atoms with Gasteiger partial charge in [-0.3, -0.25) is 0 Å². The van der Waals surface area contributed by atoms with Crippen molar-refractivity contribution in [3.05, 3.63) is 0 Å². The highest BCUT2D eigenvalue weighted by Gasteiger charge is 2.52. The number of hydrogen-bond acceptors (Lipinski definition) is 2. The number of aliphatic carboxylic acids is 1. The fourth-order valence-electron chi connectivity index (χ4n) is 2.93. The normalized spacial score (nSPS) is 32.9. The Morgan fingerprint density at radius 1 is 1.35 bits per heavy atom. The van der Waals surface area contributed by atoms with E-state index < -0.39 is 11.6 Å². The third-order valence-electron chi connectivity index (χ3n) is 3.86. The van der Waals surface area contributed by atoms with Crippen molar-refractivity contribution >= 4 is 5.97 Å². The van der Waals surface area contributed by atoms with Crippen molar-refractivity contribution in [2.24, 2.45) is 5.92 Å². The molecular weight excluding hydrogens is 216 g/mol. The molecule has 0 aromatic heterocycles. The second kappa shape index (κ2) is 6.39. The molecule has 1 aliphatic rings. The lowest BCUT2D eigenvalue weighted by atomic mass is 9.80. The molecule has 1 rings (SSSR count). The van der Waals surface area contributed by atoms with E-state index in [9.17, 15) is 9.90 Å². The minimum Gasteiger partial charge on any atom is -0.479 e. The average molecular weight is 242 g/mol. The number of carboxylic acids is 1. The molecule has 1 saturated heterocycles. The van der Waals surface area contributed by atoms with Crippen LogP contribution in [0.1, 0.15) is 65.7 Å². The van der Waals surface area contributed by atoms with Gasteiger partial charge in [-0.1, -0.05) is 39.5 Å². The van der Waals surface area contributed by atoms with E-state index in [1.807, 2.05) is 6.92 Å². The second-order valence-corrected chi connectivity index (χ2v) is 5.30. The van der Waals surface area contributed by atoms with E-state index in [1.165, 1.54) is 0 Å². The first-order valence-electron chi connectivity index (χ1n) is 6.98. The van der Waals surface area contributed by atoms with Crippen LogP contribution >= 0.6 is 0 Å². The molecule has 1 N–H and O–H groups in total. The monoisotopic (exact) mass is 242 g/mol. The number of hydrogen-bond donors (Lipinski definition) is 1. The lowest BCUT2D eigenvalue weighted by Crippen LogP contribution is -2.44. The van der Waals surface area contributed by atoms with Crippen LogP contribution in [-0.4, -0.2) is 22.8 Å². The summed E-state index contributed by atoms with van der Waals surface area (Å²) >= 11 is 0. The highest BCUT2D eigenvalue weighted by Crippen LogP contribution is 2.42. The first-order valence-corrected chi connectivity index (χ1v) is 6.98. The summed E-state index contributed by atoms with van der Waals surface area (Å²) in [5.74, 6) is -0.557. The lowest BCUT2D eigenvalue weighted by molar-refractivity contribution is -0.169. The average Bonchev–Trinajstić information content (AvgIpc) is 2.61. The summed E-state index contributed by atoms with van der Waals surface area (Å²) in [6.07, 6.45) is 6.81. The van der Waals surface area contributed by atoms with Crippen LogP contribution in [-0.2, 0) is 9.53 Å². The Bertz CT molecular complexity index is 252. The molecule has 3 unspecified atom stereocenters. The van der Waals surface area contributed by atoms with Crippen LogP contribution in [0.3, 0.4) is 0 Å². The molecule has 0 aliphatic carbocycles. The molecule has 1 fully saturated rings. The highest BCUT2D eigenvalue weighted by molar-refractivity contribution is 5.78. The van der Waals surface area contributed by atoms with Crippen molar-refractivity contribution < 1.29 is 14.6 Å². The topological polar surface area (TPSA) is 46.5 Å². The first-order chi connectivity index (χ1) is 8.06. The zero-order valence-corrected chi connectivity index (χ0v) is 11.4. The van der Waals surface area contributed by atoms with Gasteiger partial charge in [-0.05, 0) is 26.2 Å². The maximum atomic E-state index is 11.6. The zero-order chi connectivity index (χ0) is 12.9. The van der Waals surface area contributed by atoms with Gasteiger partial charge >= 0.3 is 5.97 Å². The van der Waals surface area contributed by atoms with Crippen LogP contribution in [0.25, 0.3) is 0 Å². The van der Waals surface area contributed by atoms with Gasteiger partial charge in [-0.2, -0.15) is 0 Å². The number of ether oxygens (including phenoxy) is 1. The SMILES string of the molecule is CCCCC1CC(C)OC1(CCCC)C(=O)O. The zero-order valence-electron chi connectivity index (χ0n) is 11.4. The quantitative estimate of drug-likeness (QED) is 0.741. The summed E-state index contributed by atoms with van der Waals surface area (Å²) < 4.78 is 5.82. The third-order valence-corrected chi connectivity index (χ3v) is 3.86. The molecule has 1 heterocycles. The van der Waals surface area contributed by atoms with Crippen LogP contribution in [0, 0.1) is 5.92 Å². The lowest BCUT2D eigenvalue weighted by Gasteiger charge is -2.30. The van der Waals surface area contributed by atoms with E-state index in [2.05, 4.69) is 13.8 Å². The Kier molecular flexibility index (Phi) is 5.44. The minimum atomic E-state index is -0.898. The van der Waals surface area contributed by atoms with Crippen molar-refractivity contribution in [3.8, 4) is 0 Å². The van der Waals surface area contributed by atoms with Crippen molar-refractivity contribution in [1.82, 2.24) is 0 Å². The van der Waals surface area contributed by atoms with Gasteiger partial charge in [0.05, 0.1) is 6.10 Å². The first kappa shape index (κ1) is 14.5. The van der Waals surface area contributed by atoms with Gasteiger partial charge in [0.25, 0.3) is 0 Å². The summed E-state index contributed by atoms with van der Waals surface area (Å²) in [6.45, 7) is 6.23. The summed E-state index contributed by atoms with van der Waals surface area (Å²) in [6, 6.07) is 0. The molecule has 3 nitrogen and oxygen atoms in total. The third kappa shape index (κ3) is 3.21. The number of carbonyl (C=O) groups is 1. The van der Waals surface area contributed by atoms with Gasteiger partial charge in [0, 0.05) is 5.92 Å². The van der Waals surface area contributed by atoms with Gasteiger partial charge in [-0.25, -0.2) is 4.79 Å². The summed E-state index contributed by atoms with van der Waals surface area (Å²) in [5.41, 5.74) is -0.898. The molecule has 0 spiro atoms. The predicted octanol–water partition coefficient (Wildman–Crippen LogP) is 3.62. The Labute approximate surface area is 105 Å². The summed E-state index contributed by atoms with van der Waals surface area (Å²) in [7, 11) is 0. The molecule has 3 heteroatoms. The van der Waals surface area contributed by atoms with Crippen LogP contribution < -0.4 is 0 Å². The van der Waals surface area contributed by atoms with Crippen molar-refractivity contribution in [2.75, 3.05) is 0 Å². The highest BCUT2D eigenvalue weighted by atomic mass is 16.5. The second-order valence-electron chi connectivity index (χ2n) is 5.30. The minimum absolute atomic E-state index is 0.0878. The van der Waals surface area contributed by atoms with E-state index in [1.54, 1.807) is 0 Å². The van der Waals surface area contributed by atoms with Crippen molar-refractivity contribution in [1.29, 1.82) is 0 Å². The number of unbranched alkanes of at least 4 members (excludes halogenated alkanes) is 2. The Morgan fingerprint density at radius 2 is 2.00 bits per heavy atom. The standard InChI is InChI=1S/C14H26O3/c1-4-6-8-12-10-11(3)17-14(12,13(15)16)9-7-5-2/h11-12H,4-10H2,1-3H3,(H,15,16). The predicted molar refractivity (Wildman–Crippen MR) is 68.1 cm³/mol. The molecule has 0 aromatic rings. The van der Waals surface area contributed by atoms with Gasteiger partial charge in [0.1, 0.15) is 0 Å². The summed E-state index contributed by atoms with van der Waals surface area (Å²) in [5, 5.41) is 9.55.